The van der Waals surface area contributed by atoms with E-state index in [2.05, 4.69) is 4.99 Å². The predicted octanol–water partition coefficient (Wildman–Crippen LogP) is 5.79. The molecule has 0 unspecified atom stereocenters. The van der Waals surface area contributed by atoms with E-state index >= 15 is 0 Å². The van der Waals surface area contributed by atoms with E-state index in [1.165, 1.54) is 39.4 Å². The molecule has 0 fully saturated rings. The van der Waals surface area contributed by atoms with E-state index in [9.17, 15) is 32.7 Å². The van der Waals surface area contributed by atoms with Crippen molar-refractivity contribution in [3.8, 4) is 17.2 Å². The molecule has 0 saturated heterocycles. The molecule has 51 heavy (non-hydrogen) atoms. The number of rotatable bonds is 10. The van der Waals surface area contributed by atoms with Gasteiger partial charge in [-0.1, -0.05) is 59.9 Å². The van der Waals surface area contributed by atoms with E-state index in [0.29, 0.717) is 27.6 Å². The lowest BCUT2D eigenvalue weighted by Crippen LogP contribution is -2.41. The highest BCUT2D eigenvalue weighted by atomic mass is 32.1. The Hall–Kier alpha value is -5.89. The van der Waals surface area contributed by atoms with Crippen LogP contribution in [0.4, 0.5) is 13.2 Å². The highest BCUT2D eigenvalue weighted by molar-refractivity contribution is 7.07. The summed E-state index contributed by atoms with van der Waals surface area (Å²) in [5.41, 5.74) is -1.66. The van der Waals surface area contributed by atoms with E-state index in [0.717, 1.165) is 15.9 Å². The number of carboxylic acid groups (broad SMARTS) is 1. The standard InChI is InChI=1S/C37H29F3N2O8S/c1-4-49-35(46)30-31(29-24-11-6-5-9-22(24)13-15-26(29)47-2)42-33(43)28(51-36(42)41-32(30)37(38,39)40)18-20-12-14-25(27(17-20)48-3)50-19-21-8-7-10-23(16-21)34(44)45/h5-18,31H,4,19H2,1-3H3,(H,44,45)/b28-18-/t31-/m0/s1. The molecule has 1 aliphatic rings. The summed E-state index contributed by atoms with van der Waals surface area (Å²) in [6.07, 6.45) is -3.60. The Bertz CT molecular complexity index is 2400. The van der Waals surface area contributed by atoms with E-state index in [4.69, 9.17) is 18.9 Å². The second kappa shape index (κ2) is 14.2. The third-order valence-electron chi connectivity index (χ3n) is 8.07. The SMILES string of the molecule is CCOC(=O)C1=C(C(F)(F)F)N=c2s/c(=C\c3ccc(OCc4cccc(C(=O)O)c4)c(OC)c3)c(=O)n2[C@H]1c1c(OC)ccc2ccccc12. The number of aromatic nitrogens is 1. The van der Waals surface area contributed by atoms with Gasteiger partial charge in [0.15, 0.2) is 22.0 Å². The zero-order chi connectivity index (χ0) is 36.4. The number of allylic oxidation sites excluding steroid dienone is 1. The summed E-state index contributed by atoms with van der Waals surface area (Å²) < 4.78 is 67.5. The summed E-state index contributed by atoms with van der Waals surface area (Å²) >= 11 is 0.731. The lowest BCUT2D eigenvalue weighted by molar-refractivity contribution is -0.140. The molecule has 1 aliphatic heterocycles. The van der Waals surface area contributed by atoms with Crippen LogP contribution in [0.25, 0.3) is 16.8 Å². The maximum Gasteiger partial charge on any atom is 0.434 e. The third-order valence-corrected chi connectivity index (χ3v) is 9.06. The highest BCUT2D eigenvalue weighted by Crippen LogP contribution is 2.43. The minimum Gasteiger partial charge on any atom is -0.496 e. The van der Waals surface area contributed by atoms with Crippen molar-refractivity contribution in [2.45, 2.75) is 25.7 Å². The van der Waals surface area contributed by atoms with Crippen LogP contribution >= 0.6 is 11.3 Å². The Kier molecular flexibility index (Phi) is 9.70. The minimum absolute atomic E-state index is 0.0331. The number of carboxylic acids is 1. The molecule has 0 spiro atoms. The Morgan fingerprint density at radius 3 is 2.41 bits per heavy atom. The molecule has 4 aromatic carbocycles. The zero-order valence-corrected chi connectivity index (χ0v) is 28.1. The van der Waals surface area contributed by atoms with E-state index in [1.54, 1.807) is 66.7 Å². The number of carbonyl (C=O) groups is 2. The number of halogens is 3. The van der Waals surface area contributed by atoms with Gasteiger partial charge in [0, 0.05) is 5.56 Å². The Balaban J connectivity index is 1.50. The van der Waals surface area contributed by atoms with Crippen LogP contribution in [0.3, 0.4) is 0 Å². The van der Waals surface area contributed by atoms with Crippen molar-refractivity contribution < 1.29 is 46.8 Å². The van der Waals surface area contributed by atoms with Gasteiger partial charge in [0.05, 0.1) is 36.5 Å². The van der Waals surface area contributed by atoms with Crippen molar-refractivity contribution in [1.82, 2.24) is 4.57 Å². The fourth-order valence-corrected chi connectivity index (χ4v) is 6.85. The van der Waals surface area contributed by atoms with E-state index in [-0.39, 0.29) is 45.2 Å². The number of benzene rings is 4. The molecule has 1 aromatic heterocycles. The molecular weight excluding hydrogens is 689 g/mol. The first kappa shape index (κ1) is 35.0. The molecule has 0 bridgehead atoms. The lowest BCUT2D eigenvalue weighted by atomic mass is 9.90. The number of ether oxygens (including phenoxy) is 4. The molecule has 1 N–H and O–H groups in total. The third kappa shape index (κ3) is 6.82. The maximum atomic E-state index is 14.7. The smallest absolute Gasteiger partial charge is 0.434 e. The predicted molar refractivity (Wildman–Crippen MR) is 182 cm³/mol. The van der Waals surface area contributed by atoms with Gasteiger partial charge in [0.2, 0.25) is 0 Å². The van der Waals surface area contributed by atoms with Crippen molar-refractivity contribution >= 4 is 40.1 Å². The van der Waals surface area contributed by atoms with Crippen LogP contribution in [0.15, 0.2) is 99.9 Å². The number of fused-ring (bicyclic) bond motifs is 2. The molecule has 262 valence electrons. The van der Waals surface area contributed by atoms with E-state index in [1.807, 2.05) is 0 Å². The van der Waals surface area contributed by atoms with Gasteiger partial charge in [0.1, 0.15) is 18.4 Å². The largest absolute Gasteiger partial charge is 0.496 e. The summed E-state index contributed by atoms with van der Waals surface area (Å²) in [5.74, 6) is -1.56. The zero-order valence-electron chi connectivity index (χ0n) is 27.3. The van der Waals surface area contributed by atoms with Gasteiger partial charge in [0.25, 0.3) is 5.56 Å². The van der Waals surface area contributed by atoms with Crippen LogP contribution in [0.2, 0.25) is 0 Å². The van der Waals surface area contributed by atoms with Gasteiger partial charge >= 0.3 is 18.1 Å². The number of aromatic carboxylic acids is 1. The molecule has 2 heterocycles. The van der Waals surface area contributed by atoms with Crippen LogP contribution in [0, 0.1) is 0 Å². The summed E-state index contributed by atoms with van der Waals surface area (Å²) in [7, 11) is 2.77. The second-order valence-electron chi connectivity index (χ2n) is 11.2. The van der Waals surface area contributed by atoms with Gasteiger partial charge in [-0.2, -0.15) is 13.2 Å². The fraction of sp³-hybridized carbons (Fsp3) is 0.189. The lowest BCUT2D eigenvalue weighted by Gasteiger charge is -2.28. The first-order chi connectivity index (χ1) is 24.4. The second-order valence-corrected chi connectivity index (χ2v) is 12.2. The molecule has 6 rings (SSSR count). The average molecular weight is 719 g/mol. The van der Waals surface area contributed by atoms with Crippen molar-refractivity contribution in [3.05, 3.63) is 132 Å². The molecule has 0 amide bonds. The molecule has 1 atom stereocenters. The molecule has 0 saturated carbocycles. The van der Waals surface area contributed by atoms with Crippen LogP contribution in [0.1, 0.15) is 40.0 Å². The number of hydrogen-bond acceptors (Lipinski definition) is 9. The van der Waals surface area contributed by atoms with Crippen LogP contribution in [-0.4, -0.2) is 48.6 Å². The summed E-state index contributed by atoms with van der Waals surface area (Å²) in [5, 5.41) is 10.4. The van der Waals surface area contributed by atoms with E-state index < -0.39 is 41.0 Å². The van der Waals surface area contributed by atoms with Gasteiger partial charge in [-0.05, 0) is 65.2 Å². The Morgan fingerprint density at radius 1 is 0.961 bits per heavy atom. The van der Waals surface area contributed by atoms with Gasteiger partial charge in [-0.25, -0.2) is 14.6 Å². The molecule has 0 aliphatic carbocycles. The summed E-state index contributed by atoms with van der Waals surface area (Å²) in [6, 6.07) is 19.7. The molecule has 5 aromatic rings. The van der Waals surface area contributed by atoms with Gasteiger partial charge in [-0.15, -0.1) is 0 Å². The van der Waals surface area contributed by atoms with Crippen LogP contribution < -0.4 is 29.1 Å². The first-order valence-corrected chi connectivity index (χ1v) is 16.3. The topological polar surface area (TPSA) is 126 Å². The number of nitrogens with zero attached hydrogens (tertiary/aromatic N) is 2. The normalized spacial score (nSPS) is 14.5. The number of carbonyl (C=O) groups excluding carboxylic acids is 1. The summed E-state index contributed by atoms with van der Waals surface area (Å²) in [4.78, 5) is 42.6. The Labute approximate surface area is 291 Å². The van der Waals surface area contributed by atoms with Gasteiger partial charge < -0.3 is 24.1 Å². The van der Waals surface area contributed by atoms with Crippen molar-refractivity contribution in [1.29, 1.82) is 0 Å². The maximum absolute atomic E-state index is 14.7. The minimum atomic E-state index is -5.08. The fourth-order valence-electron chi connectivity index (χ4n) is 5.85. The van der Waals surface area contributed by atoms with Crippen molar-refractivity contribution in [3.63, 3.8) is 0 Å². The molecule has 14 heteroatoms. The number of esters is 1. The summed E-state index contributed by atoms with van der Waals surface area (Å²) in [6.45, 7) is 1.29. The number of alkyl halides is 3. The average Bonchev–Trinajstić information content (AvgIpc) is 3.43. The van der Waals surface area contributed by atoms with Crippen LogP contribution in [0.5, 0.6) is 17.2 Å². The van der Waals surface area contributed by atoms with Gasteiger partial charge in [-0.3, -0.25) is 9.36 Å². The Morgan fingerprint density at radius 2 is 1.71 bits per heavy atom. The van der Waals surface area contributed by atoms with Crippen molar-refractivity contribution in [2.75, 3.05) is 20.8 Å². The molecule has 0 radical (unpaired) electrons. The highest BCUT2D eigenvalue weighted by Gasteiger charge is 2.46. The number of hydrogen-bond donors (Lipinski definition) is 1. The quantitative estimate of drug-likeness (QED) is 0.180. The molecule has 10 nitrogen and oxygen atoms in total. The monoisotopic (exact) mass is 718 g/mol. The first-order valence-electron chi connectivity index (χ1n) is 15.4. The number of thiazole rings is 1. The number of methoxy groups -OCH3 is 2. The van der Waals surface area contributed by atoms with Crippen molar-refractivity contribution in [2.24, 2.45) is 4.99 Å². The molecular formula is C37H29F3N2O8S. The van der Waals surface area contributed by atoms with Crippen LogP contribution in [-0.2, 0) is 16.1 Å².